The first-order valence-corrected chi connectivity index (χ1v) is 6.32. The van der Waals surface area contributed by atoms with Gasteiger partial charge < -0.3 is 9.80 Å². The first kappa shape index (κ1) is 13.0. The van der Waals surface area contributed by atoms with Gasteiger partial charge in [0, 0.05) is 36.9 Å². The molecule has 0 aliphatic carbocycles. The van der Waals surface area contributed by atoms with E-state index in [2.05, 4.69) is 12.6 Å². The molecular formula is C14H17ClN2O. The molecule has 0 unspecified atom stereocenters. The molecule has 0 aromatic heterocycles. The Kier molecular flexibility index (Phi) is 3.62. The van der Waals surface area contributed by atoms with Crippen molar-refractivity contribution in [3.05, 3.63) is 35.4 Å². The van der Waals surface area contributed by atoms with Crippen molar-refractivity contribution < 1.29 is 4.79 Å². The zero-order valence-electron chi connectivity index (χ0n) is 10.7. The molecule has 1 aromatic rings. The van der Waals surface area contributed by atoms with Gasteiger partial charge in [-0.2, -0.15) is 0 Å². The molecule has 96 valence electrons. The molecule has 0 spiro atoms. The predicted octanol–water partition coefficient (Wildman–Crippen LogP) is 2.78. The zero-order valence-corrected chi connectivity index (χ0v) is 11.5. The molecule has 1 aliphatic heterocycles. The molecule has 18 heavy (non-hydrogen) atoms. The van der Waals surface area contributed by atoms with E-state index in [0.717, 1.165) is 24.3 Å². The third-order valence-electron chi connectivity index (χ3n) is 3.19. The van der Waals surface area contributed by atoms with Gasteiger partial charge >= 0.3 is 0 Å². The fourth-order valence-electron chi connectivity index (χ4n) is 2.30. The summed E-state index contributed by atoms with van der Waals surface area (Å²) in [6.45, 7) is 6.70. The summed E-state index contributed by atoms with van der Waals surface area (Å²) in [6.07, 6.45) is 0.915. The third kappa shape index (κ3) is 2.51. The highest BCUT2D eigenvalue weighted by Crippen LogP contribution is 2.31. The minimum atomic E-state index is 0.101. The monoisotopic (exact) mass is 264 g/mol. The van der Waals surface area contributed by atoms with Crippen molar-refractivity contribution in [3.63, 3.8) is 0 Å². The number of hydrogen-bond donors (Lipinski definition) is 0. The van der Waals surface area contributed by atoms with E-state index in [0.29, 0.717) is 11.6 Å². The number of nitrogens with zero attached hydrogens (tertiary/aromatic N) is 2. The first-order chi connectivity index (χ1) is 8.49. The lowest BCUT2D eigenvalue weighted by molar-refractivity contribution is -0.116. The van der Waals surface area contributed by atoms with Crippen LogP contribution in [-0.4, -0.2) is 26.0 Å². The number of rotatable bonds is 3. The van der Waals surface area contributed by atoms with Crippen LogP contribution in [-0.2, 0) is 11.2 Å². The molecule has 0 atom stereocenters. The number of halogens is 1. The summed E-state index contributed by atoms with van der Waals surface area (Å²) in [5.41, 5.74) is 3.35. The van der Waals surface area contributed by atoms with Crippen molar-refractivity contribution in [2.24, 2.45) is 0 Å². The first-order valence-electron chi connectivity index (χ1n) is 5.94. The molecule has 0 saturated carbocycles. The number of anilines is 2. The molecule has 4 heteroatoms. The van der Waals surface area contributed by atoms with E-state index in [9.17, 15) is 4.79 Å². The van der Waals surface area contributed by atoms with Gasteiger partial charge in [0.25, 0.3) is 0 Å². The lowest BCUT2D eigenvalue weighted by Crippen LogP contribution is -2.25. The van der Waals surface area contributed by atoms with Crippen molar-refractivity contribution >= 4 is 28.9 Å². The summed E-state index contributed by atoms with van der Waals surface area (Å²) in [5.74, 6) is 0.101. The van der Waals surface area contributed by atoms with Crippen LogP contribution in [0.1, 0.15) is 12.5 Å². The standard InChI is InChI=1S/C14H17ClN2O/c1-10(15)9-16(3)13-4-5-14-12(8-13)6-7-17(14)11(2)18/h4-5,8H,1,6-7,9H2,2-3H3. The van der Waals surface area contributed by atoms with E-state index in [1.165, 1.54) is 5.56 Å². The second kappa shape index (κ2) is 5.02. The van der Waals surface area contributed by atoms with Crippen molar-refractivity contribution in [2.75, 3.05) is 29.9 Å². The maximum Gasteiger partial charge on any atom is 0.223 e. The summed E-state index contributed by atoms with van der Waals surface area (Å²) >= 11 is 5.82. The molecule has 1 aromatic carbocycles. The summed E-state index contributed by atoms with van der Waals surface area (Å²) < 4.78 is 0. The second-order valence-corrected chi connectivity index (χ2v) is 5.14. The minimum absolute atomic E-state index is 0.101. The highest BCUT2D eigenvalue weighted by Gasteiger charge is 2.22. The SMILES string of the molecule is C=C(Cl)CN(C)c1ccc2c(c1)CCN2C(C)=O. The predicted molar refractivity (Wildman–Crippen MR) is 76.4 cm³/mol. The highest BCUT2D eigenvalue weighted by atomic mass is 35.5. The van der Waals surface area contributed by atoms with Gasteiger partial charge in [0.15, 0.2) is 0 Å². The normalized spacial score (nSPS) is 13.4. The zero-order chi connectivity index (χ0) is 13.3. The Balaban J connectivity index is 2.24. The number of hydrogen-bond acceptors (Lipinski definition) is 2. The Morgan fingerprint density at radius 2 is 2.28 bits per heavy atom. The van der Waals surface area contributed by atoms with Crippen LogP contribution in [0.3, 0.4) is 0 Å². The van der Waals surface area contributed by atoms with Crippen molar-refractivity contribution in [1.29, 1.82) is 0 Å². The van der Waals surface area contributed by atoms with Gasteiger partial charge in [-0.3, -0.25) is 4.79 Å². The van der Waals surface area contributed by atoms with E-state index < -0.39 is 0 Å². The van der Waals surface area contributed by atoms with Crippen molar-refractivity contribution in [3.8, 4) is 0 Å². The van der Waals surface area contributed by atoms with Gasteiger partial charge in [-0.25, -0.2) is 0 Å². The van der Waals surface area contributed by atoms with Gasteiger partial charge in [0.1, 0.15) is 0 Å². The Labute approximate surface area is 113 Å². The maximum absolute atomic E-state index is 11.5. The average Bonchev–Trinajstić information content (AvgIpc) is 2.70. The smallest absolute Gasteiger partial charge is 0.223 e. The van der Waals surface area contributed by atoms with Gasteiger partial charge in [0.2, 0.25) is 5.91 Å². The maximum atomic E-state index is 11.5. The van der Waals surface area contributed by atoms with Crippen LogP contribution in [0.15, 0.2) is 29.8 Å². The van der Waals surface area contributed by atoms with E-state index in [1.54, 1.807) is 6.92 Å². The second-order valence-electron chi connectivity index (χ2n) is 4.61. The molecule has 1 aliphatic rings. The molecule has 1 heterocycles. The number of carbonyl (C=O) groups excluding carboxylic acids is 1. The number of carbonyl (C=O) groups is 1. The minimum Gasteiger partial charge on any atom is -0.369 e. The quantitative estimate of drug-likeness (QED) is 0.838. The van der Waals surface area contributed by atoms with E-state index >= 15 is 0 Å². The molecule has 0 radical (unpaired) electrons. The number of likely N-dealkylation sites (N-methyl/N-ethyl adjacent to an activating group) is 1. The fourth-order valence-corrected chi connectivity index (χ4v) is 2.48. The third-order valence-corrected chi connectivity index (χ3v) is 3.31. The average molecular weight is 265 g/mol. The van der Waals surface area contributed by atoms with Crippen LogP contribution >= 0.6 is 11.6 Å². The van der Waals surface area contributed by atoms with Gasteiger partial charge in [-0.05, 0) is 30.2 Å². The molecule has 0 N–H and O–H groups in total. The largest absolute Gasteiger partial charge is 0.369 e. The molecule has 2 rings (SSSR count). The highest BCUT2D eigenvalue weighted by molar-refractivity contribution is 6.29. The Morgan fingerprint density at radius 3 is 2.89 bits per heavy atom. The number of benzene rings is 1. The molecule has 0 saturated heterocycles. The Bertz CT molecular complexity index is 499. The Hall–Kier alpha value is -1.48. The molecule has 0 fully saturated rings. The molecule has 0 bridgehead atoms. The van der Waals surface area contributed by atoms with Gasteiger partial charge in [0.05, 0.1) is 6.54 Å². The fraction of sp³-hybridized carbons (Fsp3) is 0.357. The summed E-state index contributed by atoms with van der Waals surface area (Å²) in [7, 11) is 1.98. The van der Waals surface area contributed by atoms with Crippen molar-refractivity contribution in [1.82, 2.24) is 0 Å². The number of amides is 1. The van der Waals surface area contributed by atoms with Crippen LogP contribution in [0.5, 0.6) is 0 Å². The Morgan fingerprint density at radius 1 is 1.56 bits per heavy atom. The van der Waals surface area contributed by atoms with Crippen LogP contribution in [0.25, 0.3) is 0 Å². The van der Waals surface area contributed by atoms with E-state index in [-0.39, 0.29) is 5.91 Å². The molecule has 1 amide bonds. The van der Waals surface area contributed by atoms with E-state index in [4.69, 9.17) is 11.6 Å². The van der Waals surface area contributed by atoms with Crippen LogP contribution in [0.2, 0.25) is 0 Å². The summed E-state index contributed by atoms with van der Waals surface area (Å²) in [5, 5.41) is 0.614. The van der Waals surface area contributed by atoms with Crippen molar-refractivity contribution in [2.45, 2.75) is 13.3 Å². The van der Waals surface area contributed by atoms with Gasteiger partial charge in [-0.15, -0.1) is 0 Å². The van der Waals surface area contributed by atoms with Crippen LogP contribution in [0, 0.1) is 0 Å². The molecule has 3 nitrogen and oxygen atoms in total. The topological polar surface area (TPSA) is 23.6 Å². The van der Waals surface area contributed by atoms with Crippen LogP contribution < -0.4 is 9.80 Å². The van der Waals surface area contributed by atoms with Crippen LogP contribution in [0.4, 0.5) is 11.4 Å². The van der Waals surface area contributed by atoms with Gasteiger partial charge in [-0.1, -0.05) is 18.2 Å². The molecular weight excluding hydrogens is 248 g/mol. The van der Waals surface area contributed by atoms with E-state index in [1.807, 2.05) is 29.0 Å². The summed E-state index contributed by atoms with van der Waals surface area (Å²) in [6, 6.07) is 6.14. The number of fused-ring (bicyclic) bond motifs is 1. The lowest BCUT2D eigenvalue weighted by Gasteiger charge is -2.20. The lowest BCUT2D eigenvalue weighted by atomic mass is 10.1. The summed E-state index contributed by atoms with van der Waals surface area (Å²) in [4.78, 5) is 15.3.